The molecule has 1 aromatic carbocycles. The van der Waals surface area contributed by atoms with Gasteiger partial charge in [-0.2, -0.15) is 5.26 Å². The number of para-hydroxylation sites is 1. The molecule has 2 aromatic heterocycles. The third-order valence-electron chi connectivity index (χ3n) is 4.95. The molecule has 0 atom stereocenters. The lowest BCUT2D eigenvalue weighted by molar-refractivity contribution is 0.0926. The minimum absolute atomic E-state index is 0.143. The first kappa shape index (κ1) is 17.7. The molecule has 140 valence electrons. The highest BCUT2D eigenvalue weighted by molar-refractivity contribution is 6.09. The van der Waals surface area contributed by atoms with E-state index in [1.165, 1.54) is 0 Å². The second-order valence-electron chi connectivity index (χ2n) is 6.81. The highest BCUT2D eigenvalue weighted by Gasteiger charge is 2.24. The van der Waals surface area contributed by atoms with Gasteiger partial charge in [0.1, 0.15) is 6.07 Å². The van der Waals surface area contributed by atoms with Gasteiger partial charge in [0, 0.05) is 12.2 Å². The van der Waals surface area contributed by atoms with Crippen LogP contribution in [0.4, 0.5) is 5.69 Å². The summed E-state index contributed by atoms with van der Waals surface area (Å²) in [6.07, 6.45) is 5.87. The van der Waals surface area contributed by atoms with E-state index in [-0.39, 0.29) is 23.5 Å². The van der Waals surface area contributed by atoms with Crippen LogP contribution in [0, 0.1) is 11.3 Å². The number of anilines is 1. The molecule has 1 aliphatic carbocycles. The number of fused-ring (bicyclic) bond motifs is 1. The summed E-state index contributed by atoms with van der Waals surface area (Å²) in [5.41, 5.74) is 1.44. The summed E-state index contributed by atoms with van der Waals surface area (Å²) in [5, 5.41) is 14.9. The van der Waals surface area contributed by atoms with E-state index in [1.807, 2.05) is 6.07 Å². The van der Waals surface area contributed by atoms with Crippen LogP contribution in [-0.4, -0.2) is 27.2 Å². The number of nitrogens with zero attached hydrogens (tertiary/aromatic N) is 3. The van der Waals surface area contributed by atoms with Crippen molar-refractivity contribution in [3.8, 4) is 6.07 Å². The molecular formula is C21H19N5O2. The van der Waals surface area contributed by atoms with Gasteiger partial charge in [-0.15, -0.1) is 0 Å². The lowest BCUT2D eigenvalue weighted by Gasteiger charge is -2.10. The molecule has 1 fully saturated rings. The van der Waals surface area contributed by atoms with Gasteiger partial charge in [0.15, 0.2) is 5.69 Å². The number of rotatable bonds is 4. The first-order valence-electron chi connectivity index (χ1n) is 9.26. The highest BCUT2D eigenvalue weighted by atomic mass is 16.2. The Morgan fingerprint density at radius 1 is 1.07 bits per heavy atom. The summed E-state index contributed by atoms with van der Waals surface area (Å²) in [5.74, 6) is -0.572. The van der Waals surface area contributed by atoms with Crippen molar-refractivity contribution in [3.05, 3.63) is 65.7 Å². The summed E-state index contributed by atoms with van der Waals surface area (Å²) in [6.45, 7) is 0. The number of aromatic nitrogens is 2. The van der Waals surface area contributed by atoms with E-state index < -0.39 is 5.91 Å². The number of hydrogen-bond acceptors (Lipinski definition) is 4. The lowest BCUT2D eigenvalue weighted by atomic mass is 10.2. The van der Waals surface area contributed by atoms with Crippen LogP contribution in [0.2, 0.25) is 0 Å². The number of nitriles is 1. The van der Waals surface area contributed by atoms with Crippen molar-refractivity contribution < 1.29 is 9.59 Å². The maximum atomic E-state index is 12.8. The molecule has 0 spiro atoms. The Morgan fingerprint density at radius 2 is 1.82 bits per heavy atom. The number of nitrogens with one attached hydrogen (secondary N) is 2. The van der Waals surface area contributed by atoms with Crippen LogP contribution in [0.1, 0.15) is 52.4 Å². The normalized spacial score (nSPS) is 14.0. The van der Waals surface area contributed by atoms with Gasteiger partial charge in [-0.3, -0.25) is 14.0 Å². The highest BCUT2D eigenvalue weighted by Crippen LogP contribution is 2.20. The Labute approximate surface area is 162 Å². The van der Waals surface area contributed by atoms with Gasteiger partial charge < -0.3 is 10.6 Å². The van der Waals surface area contributed by atoms with Crippen LogP contribution in [-0.2, 0) is 0 Å². The summed E-state index contributed by atoms with van der Waals surface area (Å²) in [7, 11) is 0. The van der Waals surface area contributed by atoms with Crippen LogP contribution in [0.5, 0.6) is 0 Å². The predicted octanol–water partition coefficient (Wildman–Crippen LogP) is 3.13. The predicted molar refractivity (Wildman–Crippen MR) is 104 cm³/mol. The van der Waals surface area contributed by atoms with Crippen molar-refractivity contribution in [1.82, 2.24) is 14.7 Å². The molecule has 2 heterocycles. The summed E-state index contributed by atoms with van der Waals surface area (Å²) >= 11 is 0. The number of carbonyl (C=O) groups is 2. The minimum atomic E-state index is -0.466. The Morgan fingerprint density at radius 3 is 2.61 bits per heavy atom. The summed E-state index contributed by atoms with van der Waals surface area (Å²) in [6, 6.07) is 14.3. The fourth-order valence-corrected chi connectivity index (χ4v) is 3.56. The van der Waals surface area contributed by atoms with Crippen LogP contribution < -0.4 is 10.6 Å². The molecule has 0 aliphatic heterocycles. The SMILES string of the molecule is N#Cc1ccccc1NC(=O)c1nc(C(=O)NC2CCCC2)n2ccccc12. The van der Waals surface area contributed by atoms with Gasteiger partial charge in [-0.1, -0.05) is 31.0 Å². The van der Waals surface area contributed by atoms with E-state index in [4.69, 9.17) is 0 Å². The number of hydrogen-bond donors (Lipinski definition) is 2. The smallest absolute Gasteiger partial charge is 0.287 e. The first-order chi connectivity index (χ1) is 13.7. The lowest BCUT2D eigenvalue weighted by Crippen LogP contribution is -2.33. The Bertz CT molecular complexity index is 1090. The second-order valence-corrected chi connectivity index (χ2v) is 6.81. The molecule has 0 radical (unpaired) electrons. The van der Waals surface area contributed by atoms with Crippen molar-refractivity contribution in [1.29, 1.82) is 5.26 Å². The van der Waals surface area contributed by atoms with Gasteiger partial charge in [-0.25, -0.2) is 4.98 Å². The van der Waals surface area contributed by atoms with Crippen molar-refractivity contribution in [3.63, 3.8) is 0 Å². The molecular weight excluding hydrogens is 354 g/mol. The number of imidazole rings is 1. The molecule has 3 aromatic rings. The molecule has 7 heteroatoms. The quantitative estimate of drug-likeness (QED) is 0.734. The molecule has 1 aliphatic rings. The van der Waals surface area contributed by atoms with Crippen LogP contribution in [0.15, 0.2) is 48.7 Å². The molecule has 1 saturated carbocycles. The van der Waals surface area contributed by atoms with E-state index in [9.17, 15) is 14.9 Å². The van der Waals surface area contributed by atoms with Crippen molar-refractivity contribution >= 4 is 23.0 Å². The van der Waals surface area contributed by atoms with Crippen LogP contribution in [0.25, 0.3) is 5.52 Å². The maximum Gasteiger partial charge on any atom is 0.287 e. The molecule has 0 saturated heterocycles. The zero-order valence-electron chi connectivity index (χ0n) is 15.2. The van der Waals surface area contributed by atoms with E-state index in [1.54, 1.807) is 53.1 Å². The third kappa shape index (κ3) is 3.32. The molecule has 4 rings (SSSR count). The Hall–Kier alpha value is -3.66. The van der Waals surface area contributed by atoms with E-state index in [2.05, 4.69) is 15.6 Å². The van der Waals surface area contributed by atoms with Gasteiger partial charge in [0.05, 0.1) is 16.8 Å². The standard InChI is InChI=1S/C21H19N5O2/c22-13-14-7-1-4-10-16(14)24-20(27)18-17-11-5-6-12-26(17)19(25-18)21(28)23-15-8-2-3-9-15/h1,4-7,10-12,15H,2-3,8-9H2,(H,23,28)(H,24,27). The minimum Gasteiger partial charge on any atom is -0.347 e. The summed E-state index contributed by atoms with van der Waals surface area (Å²) < 4.78 is 1.62. The van der Waals surface area contributed by atoms with Crippen LogP contribution >= 0.6 is 0 Å². The van der Waals surface area contributed by atoms with E-state index in [0.29, 0.717) is 16.8 Å². The molecule has 7 nitrogen and oxygen atoms in total. The number of benzene rings is 1. The first-order valence-corrected chi connectivity index (χ1v) is 9.26. The number of pyridine rings is 1. The molecule has 0 bridgehead atoms. The molecule has 0 unspecified atom stereocenters. The Balaban J connectivity index is 1.66. The van der Waals surface area contributed by atoms with Gasteiger partial charge >= 0.3 is 0 Å². The monoisotopic (exact) mass is 373 g/mol. The maximum absolute atomic E-state index is 12.8. The summed E-state index contributed by atoms with van der Waals surface area (Å²) in [4.78, 5) is 29.9. The topological polar surface area (TPSA) is 99.3 Å². The zero-order valence-corrected chi connectivity index (χ0v) is 15.2. The van der Waals surface area contributed by atoms with Gasteiger partial charge in [-0.05, 0) is 37.1 Å². The average Bonchev–Trinajstić information content (AvgIpc) is 3.36. The van der Waals surface area contributed by atoms with E-state index in [0.717, 1.165) is 25.7 Å². The molecule has 28 heavy (non-hydrogen) atoms. The zero-order chi connectivity index (χ0) is 19.5. The fraction of sp³-hybridized carbons (Fsp3) is 0.238. The number of carbonyl (C=O) groups excluding carboxylic acids is 2. The molecule has 2 N–H and O–H groups in total. The van der Waals surface area contributed by atoms with Gasteiger partial charge in [0.25, 0.3) is 11.8 Å². The second kappa shape index (κ2) is 7.53. The average molecular weight is 373 g/mol. The van der Waals surface area contributed by atoms with Crippen molar-refractivity contribution in [2.45, 2.75) is 31.7 Å². The molecule has 2 amide bonds. The van der Waals surface area contributed by atoms with Crippen molar-refractivity contribution in [2.24, 2.45) is 0 Å². The van der Waals surface area contributed by atoms with E-state index >= 15 is 0 Å². The Kier molecular flexibility index (Phi) is 4.77. The van der Waals surface area contributed by atoms with Gasteiger partial charge in [0.2, 0.25) is 5.82 Å². The third-order valence-corrected chi connectivity index (χ3v) is 4.95. The fourth-order valence-electron chi connectivity index (χ4n) is 3.56. The van der Waals surface area contributed by atoms with Crippen molar-refractivity contribution in [2.75, 3.05) is 5.32 Å². The van der Waals surface area contributed by atoms with Crippen LogP contribution in [0.3, 0.4) is 0 Å². The number of amides is 2. The largest absolute Gasteiger partial charge is 0.347 e.